The third-order valence-electron chi connectivity index (χ3n) is 2.50. The van der Waals surface area contributed by atoms with Crippen molar-refractivity contribution in [1.29, 1.82) is 0 Å². The average Bonchev–Trinajstić information content (AvgIpc) is 2.29. The maximum absolute atomic E-state index is 12.8. The van der Waals surface area contributed by atoms with Crippen LogP contribution in [0.3, 0.4) is 0 Å². The lowest BCUT2D eigenvalue weighted by molar-refractivity contribution is -0.124. The molecule has 5 heteroatoms. The second-order valence-corrected chi connectivity index (χ2v) is 5.60. The number of halogens is 3. The van der Waals surface area contributed by atoms with Gasteiger partial charge in [0, 0.05) is 22.2 Å². The van der Waals surface area contributed by atoms with Gasteiger partial charge in [-0.05, 0) is 33.8 Å². The standard InChI is InChI=1S/C9H10BrF2NS/c1-5-2-14-7(6(5)10)8(13)3-9(11,12)4-8/h2H,3-4,13H2,1H3. The summed E-state index contributed by atoms with van der Waals surface area (Å²) in [5.41, 5.74) is 6.16. The highest BCUT2D eigenvalue weighted by atomic mass is 79.9. The number of hydrogen-bond donors (Lipinski definition) is 1. The summed E-state index contributed by atoms with van der Waals surface area (Å²) in [5, 5.41) is 1.94. The van der Waals surface area contributed by atoms with Gasteiger partial charge < -0.3 is 5.73 Å². The SMILES string of the molecule is Cc1csc(C2(N)CC(F)(F)C2)c1Br. The number of rotatable bonds is 1. The Labute approximate surface area is 93.4 Å². The summed E-state index contributed by atoms with van der Waals surface area (Å²) in [6.45, 7) is 1.93. The molecular weight excluding hydrogens is 272 g/mol. The van der Waals surface area contributed by atoms with E-state index in [4.69, 9.17) is 5.73 Å². The van der Waals surface area contributed by atoms with Crippen LogP contribution in [0.2, 0.25) is 0 Å². The quantitative estimate of drug-likeness (QED) is 0.839. The molecule has 1 aliphatic rings. The van der Waals surface area contributed by atoms with Gasteiger partial charge in [0.15, 0.2) is 0 Å². The van der Waals surface area contributed by atoms with Gasteiger partial charge >= 0.3 is 0 Å². The minimum atomic E-state index is -2.58. The summed E-state index contributed by atoms with van der Waals surface area (Å²) in [4.78, 5) is 0.848. The van der Waals surface area contributed by atoms with Crippen LogP contribution < -0.4 is 5.73 Å². The monoisotopic (exact) mass is 281 g/mol. The van der Waals surface area contributed by atoms with Crippen LogP contribution in [0, 0.1) is 6.92 Å². The van der Waals surface area contributed by atoms with Gasteiger partial charge in [0.05, 0.1) is 5.54 Å². The molecule has 0 radical (unpaired) electrons. The van der Waals surface area contributed by atoms with E-state index >= 15 is 0 Å². The van der Waals surface area contributed by atoms with Crippen LogP contribution in [0.5, 0.6) is 0 Å². The van der Waals surface area contributed by atoms with E-state index in [1.54, 1.807) is 0 Å². The molecule has 1 aromatic rings. The summed E-state index contributed by atoms with van der Waals surface area (Å²) in [7, 11) is 0. The van der Waals surface area contributed by atoms with Crippen molar-refractivity contribution < 1.29 is 8.78 Å². The highest BCUT2D eigenvalue weighted by Gasteiger charge is 2.56. The van der Waals surface area contributed by atoms with Crippen molar-refractivity contribution in [3.63, 3.8) is 0 Å². The van der Waals surface area contributed by atoms with Crippen LogP contribution in [-0.2, 0) is 5.54 Å². The number of hydrogen-bond acceptors (Lipinski definition) is 2. The van der Waals surface area contributed by atoms with E-state index in [9.17, 15) is 8.78 Å². The molecule has 0 atom stereocenters. The maximum atomic E-state index is 12.8. The van der Waals surface area contributed by atoms with Gasteiger partial charge in [-0.15, -0.1) is 11.3 Å². The number of nitrogens with two attached hydrogens (primary N) is 1. The van der Waals surface area contributed by atoms with E-state index in [1.165, 1.54) is 11.3 Å². The van der Waals surface area contributed by atoms with Crippen molar-refractivity contribution in [1.82, 2.24) is 0 Å². The van der Waals surface area contributed by atoms with Crippen molar-refractivity contribution in [2.24, 2.45) is 5.73 Å². The van der Waals surface area contributed by atoms with Crippen LogP contribution in [0.1, 0.15) is 23.3 Å². The maximum Gasteiger partial charge on any atom is 0.252 e. The van der Waals surface area contributed by atoms with Crippen molar-refractivity contribution in [2.45, 2.75) is 31.2 Å². The Bertz CT molecular complexity index is 367. The molecule has 1 heterocycles. The average molecular weight is 282 g/mol. The molecule has 0 bridgehead atoms. The molecule has 1 saturated carbocycles. The minimum Gasteiger partial charge on any atom is -0.320 e. The molecule has 2 N–H and O–H groups in total. The predicted molar refractivity (Wildman–Crippen MR) is 56.8 cm³/mol. The largest absolute Gasteiger partial charge is 0.320 e. The van der Waals surface area contributed by atoms with Crippen LogP contribution in [0.25, 0.3) is 0 Å². The Morgan fingerprint density at radius 2 is 2.07 bits per heavy atom. The fraction of sp³-hybridized carbons (Fsp3) is 0.556. The van der Waals surface area contributed by atoms with Crippen molar-refractivity contribution in [3.05, 3.63) is 20.3 Å². The molecule has 0 aliphatic heterocycles. The molecule has 0 spiro atoms. The van der Waals surface area contributed by atoms with Gasteiger partial charge in [-0.1, -0.05) is 0 Å². The molecule has 14 heavy (non-hydrogen) atoms. The smallest absolute Gasteiger partial charge is 0.252 e. The number of thiophene rings is 1. The van der Waals surface area contributed by atoms with Crippen LogP contribution in [-0.4, -0.2) is 5.92 Å². The second-order valence-electron chi connectivity index (χ2n) is 3.93. The molecule has 1 fully saturated rings. The van der Waals surface area contributed by atoms with E-state index in [1.807, 2.05) is 12.3 Å². The second kappa shape index (κ2) is 3.00. The van der Waals surface area contributed by atoms with E-state index in [0.29, 0.717) is 0 Å². The van der Waals surface area contributed by atoms with Gasteiger partial charge in [-0.25, -0.2) is 8.78 Å². The normalized spacial score (nSPS) is 23.2. The molecular formula is C9H10BrF2NS. The van der Waals surface area contributed by atoms with Crippen molar-refractivity contribution in [2.75, 3.05) is 0 Å². The molecule has 2 rings (SSSR count). The van der Waals surface area contributed by atoms with Gasteiger partial charge in [-0.3, -0.25) is 0 Å². The minimum absolute atomic E-state index is 0.238. The first kappa shape index (κ1) is 10.5. The first-order chi connectivity index (χ1) is 6.34. The number of aryl methyl sites for hydroxylation is 1. The Hall–Kier alpha value is -0.0000000000000000555. The van der Waals surface area contributed by atoms with Crippen LogP contribution in [0.15, 0.2) is 9.85 Å². The zero-order valence-electron chi connectivity index (χ0n) is 7.61. The van der Waals surface area contributed by atoms with Crippen molar-refractivity contribution >= 4 is 27.3 Å². The lowest BCUT2D eigenvalue weighted by Crippen LogP contribution is -2.55. The summed E-state index contributed by atoms with van der Waals surface area (Å²) in [5.74, 6) is -2.58. The molecule has 0 saturated heterocycles. The summed E-state index contributed by atoms with van der Waals surface area (Å²) in [6, 6.07) is 0. The number of alkyl halides is 2. The third-order valence-corrected chi connectivity index (χ3v) is 5.10. The van der Waals surface area contributed by atoms with Crippen molar-refractivity contribution in [3.8, 4) is 0 Å². The first-order valence-corrected chi connectivity index (χ1v) is 5.92. The Kier molecular flexibility index (Phi) is 2.25. The lowest BCUT2D eigenvalue weighted by Gasteiger charge is -2.44. The molecule has 1 aromatic heterocycles. The summed E-state index contributed by atoms with van der Waals surface area (Å²) < 4.78 is 26.4. The Morgan fingerprint density at radius 1 is 1.50 bits per heavy atom. The highest BCUT2D eigenvalue weighted by molar-refractivity contribution is 9.10. The zero-order chi connectivity index (χ0) is 10.6. The Balaban J connectivity index is 2.29. The van der Waals surface area contributed by atoms with E-state index in [2.05, 4.69) is 15.9 Å². The molecule has 1 nitrogen and oxygen atoms in total. The topological polar surface area (TPSA) is 26.0 Å². The predicted octanol–water partition coefficient (Wildman–Crippen LogP) is 3.40. The van der Waals surface area contributed by atoms with Gasteiger partial charge in [0.25, 0.3) is 5.92 Å². The van der Waals surface area contributed by atoms with E-state index in [0.717, 1.165) is 14.9 Å². The third kappa shape index (κ3) is 1.51. The fourth-order valence-corrected chi connectivity index (χ4v) is 3.79. The molecule has 0 unspecified atom stereocenters. The van der Waals surface area contributed by atoms with E-state index < -0.39 is 11.5 Å². The van der Waals surface area contributed by atoms with Gasteiger partial charge in [0.1, 0.15) is 0 Å². The highest BCUT2D eigenvalue weighted by Crippen LogP contribution is 2.53. The Morgan fingerprint density at radius 3 is 2.43 bits per heavy atom. The molecule has 0 aromatic carbocycles. The molecule has 78 valence electrons. The van der Waals surface area contributed by atoms with Gasteiger partial charge in [0.2, 0.25) is 0 Å². The summed E-state index contributed by atoms with van der Waals surface area (Å²) in [6.07, 6.45) is -0.475. The lowest BCUT2D eigenvalue weighted by atomic mass is 9.73. The fourth-order valence-electron chi connectivity index (χ4n) is 1.80. The van der Waals surface area contributed by atoms with Crippen LogP contribution >= 0.6 is 27.3 Å². The zero-order valence-corrected chi connectivity index (χ0v) is 10.0. The molecule has 1 aliphatic carbocycles. The first-order valence-electron chi connectivity index (χ1n) is 4.25. The summed E-state index contributed by atoms with van der Waals surface area (Å²) >= 11 is 4.84. The van der Waals surface area contributed by atoms with Crippen LogP contribution in [0.4, 0.5) is 8.78 Å². The van der Waals surface area contributed by atoms with E-state index in [-0.39, 0.29) is 12.8 Å². The molecule has 0 amide bonds. The van der Waals surface area contributed by atoms with Gasteiger partial charge in [-0.2, -0.15) is 0 Å².